The minimum absolute atomic E-state index is 0.0863. The summed E-state index contributed by atoms with van der Waals surface area (Å²) in [5.74, 6) is -0.586. The van der Waals surface area contributed by atoms with E-state index in [1.54, 1.807) is 19.1 Å². The third-order valence-electron chi connectivity index (χ3n) is 2.78. The molecule has 0 aliphatic rings. The zero-order valence-electron chi connectivity index (χ0n) is 10.7. The number of furan rings is 1. The smallest absolute Gasteiger partial charge is 0.372 e. The highest BCUT2D eigenvalue weighted by molar-refractivity contribution is 7.84. The Bertz CT molecular complexity index is 643. The Morgan fingerprint density at radius 1 is 1.26 bits per heavy atom. The van der Waals surface area contributed by atoms with Crippen molar-refractivity contribution < 1.29 is 18.5 Å². The summed E-state index contributed by atoms with van der Waals surface area (Å²) in [7, 11) is -1.24. The first-order chi connectivity index (χ1) is 8.99. The number of rotatable bonds is 4. The molecule has 19 heavy (non-hydrogen) atoms. The van der Waals surface area contributed by atoms with Gasteiger partial charge in [-0.25, -0.2) is 4.79 Å². The van der Waals surface area contributed by atoms with Crippen molar-refractivity contribution in [1.82, 2.24) is 0 Å². The molecule has 0 saturated heterocycles. The van der Waals surface area contributed by atoms with Gasteiger partial charge in [0.15, 0.2) is 0 Å². The third-order valence-corrected chi connectivity index (χ3v) is 4.27. The lowest BCUT2D eigenvalue weighted by Crippen LogP contribution is -1.98. The maximum atomic E-state index is 12.2. The Kier molecular flexibility index (Phi) is 3.85. The molecule has 1 aromatic carbocycles. The Labute approximate surface area is 113 Å². The van der Waals surface area contributed by atoms with Crippen molar-refractivity contribution in [2.75, 3.05) is 0 Å². The molecule has 0 fully saturated rings. The van der Waals surface area contributed by atoms with Crippen LogP contribution in [0.1, 0.15) is 27.4 Å². The molecule has 100 valence electrons. The van der Waals surface area contributed by atoms with E-state index in [9.17, 15) is 9.00 Å². The average Bonchev–Trinajstić information content (AvgIpc) is 2.70. The van der Waals surface area contributed by atoms with Crippen molar-refractivity contribution in [1.29, 1.82) is 0 Å². The zero-order valence-corrected chi connectivity index (χ0v) is 11.5. The van der Waals surface area contributed by atoms with Gasteiger partial charge in [0.1, 0.15) is 5.76 Å². The van der Waals surface area contributed by atoms with Crippen LogP contribution >= 0.6 is 0 Å². The fourth-order valence-electron chi connectivity index (χ4n) is 1.85. The lowest BCUT2D eigenvalue weighted by atomic mass is 10.2. The highest BCUT2D eigenvalue weighted by Crippen LogP contribution is 2.20. The average molecular weight is 278 g/mol. The number of hydrogen-bond donors (Lipinski definition) is 1. The molecule has 0 radical (unpaired) electrons. The number of carboxylic acids is 1. The van der Waals surface area contributed by atoms with Crippen molar-refractivity contribution in [2.24, 2.45) is 0 Å². The monoisotopic (exact) mass is 278 g/mol. The topological polar surface area (TPSA) is 67.5 Å². The van der Waals surface area contributed by atoms with Gasteiger partial charge in [-0.15, -0.1) is 0 Å². The lowest BCUT2D eigenvalue weighted by Gasteiger charge is -2.03. The Balaban J connectivity index is 2.22. The molecule has 5 heteroatoms. The molecule has 2 aromatic rings. The Hall–Kier alpha value is -1.88. The maximum absolute atomic E-state index is 12.2. The normalized spacial score (nSPS) is 12.3. The van der Waals surface area contributed by atoms with Gasteiger partial charge in [-0.05, 0) is 31.5 Å². The highest BCUT2D eigenvalue weighted by Gasteiger charge is 2.16. The van der Waals surface area contributed by atoms with E-state index in [1.165, 1.54) is 0 Å². The van der Waals surface area contributed by atoms with Gasteiger partial charge in [0.25, 0.3) is 0 Å². The number of carboxylic acid groups (broad SMARTS) is 1. The van der Waals surface area contributed by atoms with Gasteiger partial charge >= 0.3 is 5.97 Å². The van der Waals surface area contributed by atoms with Crippen LogP contribution < -0.4 is 0 Å². The summed E-state index contributed by atoms with van der Waals surface area (Å²) >= 11 is 0. The van der Waals surface area contributed by atoms with Crippen molar-refractivity contribution in [3.8, 4) is 0 Å². The summed E-state index contributed by atoms with van der Waals surface area (Å²) in [4.78, 5) is 11.6. The fraction of sp³-hybridized carbons (Fsp3) is 0.214. The van der Waals surface area contributed by atoms with Crippen LogP contribution in [-0.4, -0.2) is 15.3 Å². The molecule has 1 heterocycles. The summed E-state index contributed by atoms with van der Waals surface area (Å²) in [5.41, 5.74) is 1.49. The van der Waals surface area contributed by atoms with Gasteiger partial charge in [0.2, 0.25) is 5.76 Å². The number of hydrogen-bond acceptors (Lipinski definition) is 3. The van der Waals surface area contributed by atoms with E-state index in [0.717, 1.165) is 10.5 Å². The second-order valence-electron chi connectivity index (χ2n) is 4.29. The summed E-state index contributed by atoms with van der Waals surface area (Å²) in [5, 5.41) is 8.90. The minimum atomic E-state index is -1.24. The summed E-state index contributed by atoms with van der Waals surface area (Å²) in [6.45, 7) is 3.55. The van der Waals surface area contributed by atoms with Crippen LogP contribution in [0.4, 0.5) is 0 Å². The molecular formula is C14H14O4S. The lowest BCUT2D eigenvalue weighted by molar-refractivity contribution is 0.0659. The number of benzene rings is 1. The molecule has 0 aliphatic carbocycles. The van der Waals surface area contributed by atoms with E-state index in [-0.39, 0.29) is 11.5 Å². The summed E-state index contributed by atoms with van der Waals surface area (Å²) < 4.78 is 17.4. The maximum Gasteiger partial charge on any atom is 0.372 e. The van der Waals surface area contributed by atoms with Gasteiger partial charge in [-0.2, -0.15) is 0 Å². The second kappa shape index (κ2) is 5.40. The quantitative estimate of drug-likeness (QED) is 0.933. The standard InChI is InChI=1S/C14H14O4S/c1-9-5-3-4-6-12(9)19(17)8-11-7-10(2)13(18-11)14(15)16/h3-7H,8H2,1-2H3,(H,15,16). The van der Waals surface area contributed by atoms with E-state index < -0.39 is 16.8 Å². The van der Waals surface area contributed by atoms with Crippen LogP contribution in [0.3, 0.4) is 0 Å². The first-order valence-electron chi connectivity index (χ1n) is 5.75. The molecule has 4 nitrogen and oxygen atoms in total. The minimum Gasteiger partial charge on any atom is -0.475 e. The highest BCUT2D eigenvalue weighted by atomic mass is 32.2. The van der Waals surface area contributed by atoms with Gasteiger partial charge in [-0.3, -0.25) is 4.21 Å². The number of aromatic carboxylic acids is 1. The third kappa shape index (κ3) is 2.93. The van der Waals surface area contributed by atoms with Crippen molar-refractivity contribution in [3.63, 3.8) is 0 Å². The predicted molar refractivity (Wildman–Crippen MR) is 71.7 cm³/mol. The van der Waals surface area contributed by atoms with E-state index in [0.29, 0.717) is 11.3 Å². The van der Waals surface area contributed by atoms with Gasteiger partial charge in [0.05, 0.1) is 16.6 Å². The first-order valence-corrected chi connectivity index (χ1v) is 7.07. The van der Waals surface area contributed by atoms with Crippen LogP contribution in [0.2, 0.25) is 0 Å². The van der Waals surface area contributed by atoms with E-state index in [1.807, 2.05) is 25.1 Å². The molecule has 0 bridgehead atoms. The molecule has 0 aliphatic heterocycles. The number of carbonyl (C=O) groups is 1. The van der Waals surface area contributed by atoms with Crippen molar-refractivity contribution in [2.45, 2.75) is 24.5 Å². The zero-order chi connectivity index (χ0) is 14.0. The Morgan fingerprint density at radius 3 is 2.53 bits per heavy atom. The van der Waals surface area contributed by atoms with Crippen LogP contribution in [0, 0.1) is 13.8 Å². The molecule has 1 aromatic heterocycles. The van der Waals surface area contributed by atoms with Crippen LogP contribution in [0.25, 0.3) is 0 Å². The Morgan fingerprint density at radius 2 is 1.95 bits per heavy atom. The molecule has 1 unspecified atom stereocenters. The largest absolute Gasteiger partial charge is 0.475 e. The van der Waals surface area contributed by atoms with Crippen molar-refractivity contribution >= 4 is 16.8 Å². The van der Waals surface area contributed by atoms with Crippen molar-refractivity contribution in [3.05, 3.63) is 53.0 Å². The van der Waals surface area contributed by atoms with Gasteiger partial charge in [-0.1, -0.05) is 18.2 Å². The number of aryl methyl sites for hydroxylation is 2. The van der Waals surface area contributed by atoms with Crippen LogP contribution in [0.5, 0.6) is 0 Å². The van der Waals surface area contributed by atoms with Crippen LogP contribution in [-0.2, 0) is 16.6 Å². The van der Waals surface area contributed by atoms with E-state index in [2.05, 4.69) is 0 Å². The summed E-state index contributed by atoms with van der Waals surface area (Å²) in [6.07, 6.45) is 0. The summed E-state index contributed by atoms with van der Waals surface area (Å²) in [6, 6.07) is 9.04. The molecular weight excluding hydrogens is 264 g/mol. The second-order valence-corrected chi connectivity index (χ2v) is 5.70. The van der Waals surface area contributed by atoms with Gasteiger partial charge in [0, 0.05) is 10.5 Å². The molecule has 0 amide bonds. The molecule has 1 atom stereocenters. The van der Waals surface area contributed by atoms with E-state index in [4.69, 9.17) is 9.52 Å². The molecule has 1 N–H and O–H groups in total. The fourth-order valence-corrected chi connectivity index (χ4v) is 3.06. The predicted octanol–water partition coefficient (Wildman–Crippen LogP) is 2.90. The molecule has 2 rings (SSSR count). The van der Waals surface area contributed by atoms with E-state index >= 15 is 0 Å². The van der Waals surface area contributed by atoms with Gasteiger partial charge < -0.3 is 9.52 Å². The molecule has 0 spiro atoms. The first kappa shape index (κ1) is 13.5. The SMILES string of the molecule is Cc1ccccc1S(=O)Cc1cc(C)c(C(=O)O)o1. The van der Waals surface area contributed by atoms with Crippen LogP contribution in [0.15, 0.2) is 39.6 Å². The molecule has 0 saturated carbocycles.